The molecule has 1 aromatic carbocycles. The summed E-state index contributed by atoms with van der Waals surface area (Å²) in [6.45, 7) is 6.82. The number of carbonyl (C=O) groups is 1. The maximum atomic E-state index is 12.8. The third-order valence-corrected chi connectivity index (χ3v) is 6.20. The number of carbonyl (C=O) groups excluding carboxylic acids is 1. The number of nitrogens with zero attached hydrogens (tertiary/aromatic N) is 2. The van der Waals surface area contributed by atoms with E-state index in [0.717, 1.165) is 40.7 Å². The first kappa shape index (κ1) is 26.0. The van der Waals surface area contributed by atoms with Crippen molar-refractivity contribution in [3.8, 4) is 0 Å². The van der Waals surface area contributed by atoms with Gasteiger partial charge in [0.2, 0.25) is 0 Å². The summed E-state index contributed by atoms with van der Waals surface area (Å²) in [6.07, 6.45) is 1.97. The molecule has 0 radical (unpaired) electrons. The lowest BCUT2D eigenvalue weighted by atomic mass is 10.2. The summed E-state index contributed by atoms with van der Waals surface area (Å²) in [5.41, 5.74) is 3.52. The van der Waals surface area contributed by atoms with Crippen molar-refractivity contribution in [2.45, 2.75) is 25.5 Å². The number of aromatic nitrogens is 1. The van der Waals surface area contributed by atoms with E-state index in [4.69, 9.17) is 0 Å². The SMILES string of the molecule is C=C(/C=C\C(=C/C)C(F)(F)F)NC(=O)Nc1ccc(C)c(NC2SC=C(c3cccnc3)N2C)c1. The molecule has 10 heteroatoms. The number of rotatable bonds is 7. The Morgan fingerprint density at radius 1 is 1.26 bits per heavy atom. The number of thioether (sulfide) groups is 1. The Kier molecular flexibility index (Phi) is 8.29. The normalized spacial score (nSPS) is 16.3. The second kappa shape index (κ2) is 11.2. The van der Waals surface area contributed by atoms with E-state index in [0.29, 0.717) is 5.69 Å². The number of amides is 2. The summed E-state index contributed by atoms with van der Waals surface area (Å²) in [6, 6.07) is 8.68. The van der Waals surface area contributed by atoms with Gasteiger partial charge in [-0.05, 0) is 61.2 Å². The number of aryl methyl sites for hydroxylation is 1. The average molecular weight is 502 g/mol. The number of anilines is 2. The minimum absolute atomic E-state index is 0.0227. The zero-order chi connectivity index (χ0) is 25.6. The van der Waals surface area contributed by atoms with Crippen molar-refractivity contribution in [2.24, 2.45) is 0 Å². The second-order valence-corrected chi connectivity index (χ2v) is 8.65. The summed E-state index contributed by atoms with van der Waals surface area (Å²) in [5, 5.41) is 10.6. The van der Waals surface area contributed by atoms with Gasteiger partial charge in [0.25, 0.3) is 0 Å². The van der Waals surface area contributed by atoms with Crippen LogP contribution in [0.5, 0.6) is 0 Å². The molecule has 0 saturated heterocycles. The predicted octanol–water partition coefficient (Wildman–Crippen LogP) is 6.46. The summed E-state index contributed by atoms with van der Waals surface area (Å²) >= 11 is 1.62. The number of urea groups is 1. The highest BCUT2D eigenvalue weighted by Gasteiger charge is 2.30. The molecule has 0 saturated carbocycles. The van der Waals surface area contributed by atoms with Gasteiger partial charge in [-0.2, -0.15) is 13.2 Å². The monoisotopic (exact) mass is 501 g/mol. The molecule has 6 nitrogen and oxygen atoms in total. The molecule has 2 aromatic rings. The number of nitrogens with one attached hydrogen (secondary N) is 3. The molecule has 0 fully saturated rings. The lowest BCUT2D eigenvalue weighted by Gasteiger charge is -2.27. The molecule has 1 atom stereocenters. The minimum Gasteiger partial charge on any atom is -0.356 e. The van der Waals surface area contributed by atoms with Crippen molar-refractivity contribution < 1.29 is 18.0 Å². The van der Waals surface area contributed by atoms with Gasteiger partial charge in [-0.1, -0.05) is 30.5 Å². The van der Waals surface area contributed by atoms with Crippen molar-refractivity contribution in [3.05, 3.63) is 95.3 Å². The number of pyridine rings is 1. The van der Waals surface area contributed by atoms with Gasteiger partial charge in [0.15, 0.2) is 5.50 Å². The molecule has 1 unspecified atom stereocenters. The average Bonchev–Trinajstić information content (AvgIpc) is 3.16. The van der Waals surface area contributed by atoms with Crippen molar-refractivity contribution in [1.82, 2.24) is 15.2 Å². The molecule has 1 aromatic heterocycles. The summed E-state index contributed by atoms with van der Waals surface area (Å²) in [7, 11) is 1.98. The van der Waals surface area contributed by atoms with E-state index in [1.807, 2.05) is 38.4 Å². The third kappa shape index (κ3) is 6.92. The number of alkyl halides is 3. The molecule has 1 aliphatic heterocycles. The van der Waals surface area contributed by atoms with E-state index in [1.165, 1.54) is 6.92 Å². The van der Waals surface area contributed by atoms with Crippen LogP contribution in [0.2, 0.25) is 0 Å². The Labute approximate surface area is 206 Å². The van der Waals surface area contributed by atoms with Crippen molar-refractivity contribution in [3.63, 3.8) is 0 Å². The Morgan fingerprint density at radius 2 is 2.03 bits per heavy atom. The molecule has 0 spiro atoms. The van der Waals surface area contributed by atoms with Crippen molar-refractivity contribution in [1.29, 1.82) is 0 Å². The molecule has 3 N–H and O–H groups in total. The fraction of sp³-hybridized carbons (Fsp3) is 0.200. The maximum absolute atomic E-state index is 12.8. The predicted molar refractivity (Wildman–Crippen MR) is 136 cm³/mol. The van der Waals surface area contributed by atoms with Gasteiger partial charge >= 0.3 is 12.2 Å². The number of halogens is 3. The van der Waals surface area contributed by atoms with E-state index in [9.17, 15) is 18.0 Å². The van der Waals surface area contributed by atoms with Gasteiger partial charge in [-0.25, -0.2) is 4.79 Å². The first-order valence-corrected chi connectivity index (χ1v) is 11.6. The molecule has 0 bridgehead atoms. The van der Waals surface area contributed by atoms with Crippen molar-refractivity contribution in [2.75, 3.05) is 17.7 Å². The topological polar surface area (TPSA) is 69.3 Å². The van der Waals surface area contributed by atoms with Crippen LogP contribution < -0.4 is 16.0 Å². The van der Waals surface area contributed by atoms with Gasteiger partial charge in [-0.15, -0.1) is 0 Å². The van der Waals surface area contributed by atoms with Crippen LogP contribution in [0.3, 0.4) is 0 Å². The number of hydrogen-bond donors (Lipinski definition) is 3. The molecule has 2 amide bonds. The molecule has 1 aliphatic rings. The van der Waals surface area contributed by atoms with Crippen LogP contribution in [0.15, 0.2) is 84.2 Å². The molecule has 3 rings (SSSR count). The minimum atomic E-state index is -4.47. The highest BCUT2D eigenvalue weighted by Crippen LogP contribution is 2.36. The standard InChI is InChI=1S/C25H26F3N5OS/c1-5-19(25(26,27)28)10-9-17(3)30-23(34)31-20-11-8-16(2)21(13-20)32-24-33(4)22(15-35-24)18-7-6-12-29-14-18/h5-15,24,32H,3H2,1-2,4H3,(H2,30,31,34)/b10-9-,19-5+. The van der Waals surface area contributed by atoms with E-state index in [-0.39, 0.29) is 11.2 Å². The van der Waals surface area contributed by atoms with E-state index in [2.05, 4.69) is 37.8 Å². The van der Waals surface area contributed by atoms with Crippen LogP contribution in [0, 0.1) is 6.92 Å². The molecule has 184 valence electrons. The van der Waals surface area contributed by atoms with E-state index >= 15 is 0 Å². The fourth-order valence-electron chi connectivity index (χ4n) is 3.23. The van der Waals surface area contributed by atoms with Gasteiger partial charge in [0, 0.05) is 42.1 Å². The smallest absolute Gasteiger partial charge is 0.356 e. The summed E-state index contributed by atoms with van der Waals surface area (Å²) in [4.78, 5) is 18.6. The van der Waals surface area contributed by atoms with Crippen LogP contribution in [0.1, 0.15) is 18.1 Å². The lowest BCUT2D eigenvalue weighted by molar-refractivity contribution is -0.0883. The largest absolute Gasteiger partial charge is 0.416 e. The molecular weight excluding hydrogens is 475 g/mol. The Hall–Kier alpha value is -3.66. The highest BCUT2D eigenvalue weighted by atomic mass is 32.2. The molecule has 2 heterocycles. The van der Waals surface area contributed by atoms with E-state index < -0.39 is 17.8 Å². The van der Waals surface area contributed by atoms with Crippen LogP contribution >= 0.6 is 11.8 Å². The molecule has 35 heavy (non-hydrogen) atoms. The summed E-state index contributed by atoms with van der Waals surface area (Å²) < 4.78 is 38.4. The third-order valence-electron chi connectivity index (χ3n) is 5.15. The number of hydrogen-bond acceptors (Lipinski definition) is 5. The van der Waals surface area contributed by atoms with Crippen LogP contribution in [0.4, 0.5) is 29.3 Å². The quantitative estimate of drug-likeness (QED) is 0.380. The Bertz CT molecular complexity index is 1180. The lowest BCUT2D eigenvalue weighted by Crippen LogP contribution is -2.31. The van der Waals surface area contributed by atoms with Crippen molar-refractivity contribution >= 4 is 34.9 Å². The Morgan fingerprint density at radius 3 is 2.69 bits per heavy atom. The number of allylic oxidation sites excluding steroid dienone is 4. The van der Waals surface area contributed by atoms with E-state index in [1.54, 1.807) is 30.1 Å². The van der Waals surface area contributed by atoms with Crippen LogP contribution in [0.25, 0.3) is 5.70 Å². The first-order chi connectivity index (χ1) is 16.6. The molecule has 0 aliphatic carbocycles. The van der Waals surface area contributed by atoms with Crippen LogP contribution in [-0.2, 0) is 0 Å². The number of benzene rings is 1. The van der Waals surface area contributed by atoms with Crippen LogP contribution in [-0.4, -0.2) is 34.6 Å². The summed E-state index contributed by atoms with van der Waals surface area (Å²) in [5.74, 6) is 0. The Balaban J connectivity index is 1.60. The van der Waals surface area contributed by atoms with Gasteiger partial charge in [0.1, 0.15) is 0 Å². The molecular formula is C25H26F3N5OS. The maximum Gasteiger partial charge on any atom is 0.416 e. The second-order valence-electron chi connectivity index (χ2n) is 7.70. The highest BCUT2D eigenvalue weighted by molar-refractivity contribution is 8.03. The zero-order valence-electron chi connectivity index (χ0n) is 19.5. The van der Waals surface area contributed by atoms with Gasteiger partial charge < -0.3 is 20.9 Å². The van der Waals surface area contributed by atoms with Gasteiger partial charge in [-0.3, -0.25) is 4.98 Å². The fourth-order valence-corrected chi connectivity index (χ4v) is 4.28. The zero-order valence-corrected chi connectivity index (χ0v) is 20.3. The van der Waals surface area contributed by atoms with Gasteiger partial charge in [0.05, 0.1) is 11.3 Å². The first-order valence-electron chi connectivity index (χ1n) is 10.6.